The minimum atomic E-state index is -4.05. The molecule has 0 heterocycles. The number of benzene rings is 2. The Kier molecular flexibility index (Phi) is 4.25. The number of hydrogen-bond donors (Lipinski definition) is 2. The molecule has 0 aromatic heterocycles. The van der Waals surface area contributed by atoms with Crippen LogP contribution in [0, 0.1) is 19.7 Å². The topological polar surface area (TPSA) is 72.2 Å². The summed E-state index contributed by atoms with van der Waals surface area (Å²) in [7, 11) is -4.05. The predicted molar refractivity (Wildman–Crippen MR) is 85.2 cm³/mol. The molecule has 4 nitrogen and oxygen atoms in total. The van der Waals surface area contributed by atoms with Crippen LogP contribution >= 0.6 is 15.9 Å². The van der Waals surface area contributed by atoms with E-state index in [1.54, 1.807) is 19.1 Å². The quantitative estimate of drug-likeness (QED) is 0.808. The molecule has 2 aromatic rings. The molecule has 0 atom stereocenters. The third-order valence-electron chi connectivity index (χ3n) is 3.19. The van der Waals surface area contributed by atoms with Gasteiger partial charge >= 0.3 is 0 Å². The number of rotatable bonds is 3. The monoisotopic (exact) mass is 372 g/mol. The molecular weight excluding hydrogens is 359 g/mol. The van der Waals surface area contributed by atoms with E-state index in [0.29, 0.717) is 15.7 Å². The van der Waals surface area contributed by atoms with E-state index in [1.807, 2.05) is 6.92 Å². The zero-order valence-electron chi connectivity index (χ0n) is 11.4. The lowest BCUT2D eigenvalue weighted by Crippen LogP contribution is -2.16. The molecule has 0 saturated carbocycles. The number of nitrogen functional groups attached to an aromatic ring is 1. The first-order chi connectivity index (χ1) is 9.72. The third kappa shape index (κ3) is 3.19. The average Bonchev–Trinajstić information content (AvgIpc) is 2.39. The van der Waals surface area contributed by atoms with Crippen molar-refractivity contribution in [2.45, 2.75) is 18.7 Å². The lowest BCUT2D eigenvalue weighted by atomic mass is 10.1. The van der Waals surface area contributed by atoms with Crippen molar-refractivity contribution in [3.8, 4) is 0 Å². The summed E-state index contributed by atoms with van der Waals surface area (Å²) in [5.41, 5.74) is 7.97. The molecular formula is C14H14BrFN2O2S. The molecule has 0 spiro atoms. The summed E-state index contributed by atoms with van der Waals surface area (Å²) in [5, 5.41) is 0. The lowest BCUT2D eigenvalue weighted by Gasteiger charge is -2.15. The summed E-state index contributed by atoms with van der Waals surface area (Å²) in [4.78, 5) is -0.425. The number of anilines is 2. The summed E-state index contributed by atoms with van der Waals surface area (Å²) in [6.07, 6.45) is 0. The smallest absolute Gasteiger partial charge is 0.264 e. The number of hydrogen-bond acceptors (Lipinski definition) is 3. The summed E-state index contributed by atoms with van der Waals surface area (Å²) in [6, 6.07) is 7.16. The Morgan fingerprint density at radius 3 is 2.48 bits per heavy atom. The number of aryl methyl sites for hydroxylation is 1. The molecule has 2 aromatic carbocycles. The third-order valence-corrected chi connectivity index (χ3v) is 5.06. The minimum absolute atomic E-state index is 0.275. The van der Waals surface area contributed by atoms with Crippen molar-refractivity contribution >= 4 is 37.3 Å². The van der Waals surface area contributed by atoms with E-state index in [0.717, 1.165) is 11.6 Å². The Bertz CT molecular complexity index is 807. The van der Waals surface area contributed by atoms with E-state index in [4.69, 9.17) is 5.73 Å². The fourth-order valence-electron chi connectivity index (χ4n) is 1.85. The summed E-state index contributed by atoms with van der Waals surface area (Å²) >= 11 is 3.09. The first-order valence-corrected chi connectivity index (χ1v) is 8.33. The number of halogens is 2. The van der Waals surface area contributed by atoms with E-state index in [-0.39, 0.29) is 5.69 Å². The number of nitrogens with two attached hydrogens (primary N) is 1. The van der Waals surface area contributed by atoms with Crippen molar-refractivity contribution in [2.24, 2.45) is 0 Å². The van der Waals surface area contributed by atoms with Gasteiger partial charge in [-0.15, -0.1) is 0 Å². The van der Waals surface area contributed by atoms with Gasteiger partial charge in [0.2, 0.25) is 0 Å². The second kappa shape index (κ2) is 5.65. The van der Waals surface area contributed by atoms with E-state index < -0.39 is 20.7 Å². The molecule has 0 bridgehead atoms. The summed E-state index contributed by atoms with van der Waals surface area (Å²) < 4.78 is 41.3. The van der Waals surface area contributed by atoms with Crippen molar-refractivity contribution in [3.05, 3.63) is 51.7 Å². The van der Waals surface area contributed by atoms with Crippen molar-refractivity contribution in [1.29, 1.82) is 0 Å². The Balaban J connectivity index is 2.50. The summed E-state index contributed by atoms with van der Waals surface area (Å²) in [6.45, 7) is 3.59. The molecule has 3 N–H and O–H groups in total. The van der Waals surface area contributed by atoms with Gasteiger partial charge in [0.25, 0.3) is 10.0 Å². The van der Waals surface area contributed by atoms with Crippen molar-refractivity contribution < 1.29 is 12.8 Å². The van der Waals surface area contributed by atoms with Crippen LogP contribution in [0.4, 0.5) is 15.8 Å². The molecule has 112 valence electrons. The second-order valence-electron chi connectivity index (χ2n) is 4.65. The van der Waals surface area contributed by atoms with Crippen LogP contribution in [0.2, 0.25) is 0 Å². The van der Waals surface area contributed by atoms with Gasteiger partial charge in [0.1, 0.15) is 10.7 Å². The van der Waals surface area contributed by atoms with Crippen molar-refractivity contribution in [2.75, 3.05) is 10.5 Å². The van der Waals surface area contributed by atoms with Gasteiger partial charge in [0.15, 0.2) is 0 Å². The van der Waals surface area contributed by atoms with Crippen LogP contribution < -0.4 is 10.5 Å². The first kappa shape index (κ1) is 15.8. The van der Waals surface area contributed by atoms with Crippen molar-refractivity contribution in [3.63, 3.8) is 0 Å². The Morgan fingerprint density at radius 2 is 1.86 bits per heavy atom. The van der Waals surface area contributed by atoms with Crippen LogP contribution in [0.5, 0.6) is 0 Å². The highest BCUT2D eigenvalue weighted by molar-refractivity contribution is 9.10. The largest absolute Gasteiger partial charge is 0.397 e. The lowest BCUT2D eigenvalue weighted by molar-refractivity contribution is 0.570. The van der Waals surface area contributed by atoms with Gasteiger partial charge in [-0.25, -0.2) is 12.8 Å². The molecule has 0 fully saturated rings. The first-order valence-electron chi connectivity index (χ1n) is 6.06. The van der Waals surface area contributed by atoms with Crippen LogP contribution in [0.1, 0.15) is 11.1 Å². The molecule has 0 saturated heterocycles. The Labute approximate surface area is 131 Å². The molecule has 2 rings (SSSR count). The SMILES string of the molecule is Cc1ccc(N)c(NS(=O)(=O)c2ccc(Br)cc2F)c1C. The van der Waals surface area contributed by atoms with Crippen LogP contribution in [0.15, 0.2) is 39.7 Å². The molecule has 0 aliphatic carbocycles. The van der Waals surface area contributed by atoms with Gasteiger partial charge in [-0.2, -0.15) is 0 Å². The molecule has 0 amide bonds. The minimum Gasteiger partial charge on any atom is -0.397 e. The zero-order chi connectivity index (χ0) is 15.8. The predicted octanol–water partition coefficient (Wildman–Crippen LogP) is 3.59. The van der Waals surface area contributed by atoms with Gasteiger partial charge in [0.05, 0.1) is 11.4 Å². The van der Waals surface area contributed by atoms with E-state index in [9.17, 15) is 12.8 Å². The van der Waals surface area contributed by atoms with Gasteiger partial charge in [-0.3, -0.25) is 4.72 Å². The van der Waals surface area contributed by atoms with E-state index >= 15 is 0 Å². The molecule has 0 radical (unpaired) electrons. The highest BCUT2D eigenvalue weighted by atomic mass is 79.9. The van der Waals surface area contributed by atoms with Gasteiger partial charge in [0, 0.05) is 4.47 Å². The highest BCUT2D eigenvalue weighted by Crippen LogP contribution is 2.29. The van der Waals surface area contributed by atoms with Gasteiger partial charge in [-0.1, -0.05) is 22.0 Å². The maximum Gasteiger partial charge on any atom is 0.264 e. The molecule has 21 heavy (non-hydrogen) atoms. The molecule has 0 aliphatic rings. The van der Waals surface area contributed by atoms with Crippen LogP contribution in [0.3, 0.4) is 0 Å². The molecule has 7 heteroatoms. The maximum absolute atomic E-state index is 13.8. The standard InChI is InChI=1S/C14H14BrFN2O2S/c1-8-3-5-12(17)14(9(8)2)18-21(19,20)13-6-4-10(15)7-11(13)16/h3-7,18H,17H2,1-2H3. The van der Waals surface area contributed by atoms with E-state index in [2.05, 4.69) is 20.7 Å². The Hall–Kier alpha value is -1.60. The van der Waals surface area contributed by atoms with Crippen LogP contribution in [-0.2, 0) is 10.0 Å². The zero-order valence-corrected chi connectivity index (χ0v) is 13.8. The second-order valence-corrected chi connectivity index (χ2v) is 7.22. The molecule has 0 unspecified atom stereocenters. The summed E-state index contributed by atoms with van der Waals surface area (Å²) in [5.74, 6) is -0.833. The van der Waals surface area contributed by atoms with E-state index in [1.165, 1.54) is 12.1 Å². The van der Waals surface area contributed by atoms with Crippen LogP contribution in [0.25, 0.3) is 0 Å². The van der Waals surface area contributed by atoms with Crippen LogP contribution in [-0.4, -0.2) is 8.42 Å². The van der Waals surface area contributed by atoms with Crippen molar-refractivity contribution in [1.82, 2.24) is 0 Å². The van der Waals surface area contributed by atoms with Gasteiger partial charge in [-0.05, 0) is 49.2 Å². The fraction of sp³-hybridized carbons (Fsp3) is 0.143. The fourth-order valence-corrected chi connectivity index (χ4v) is 3.40. The molecule has 0 aliphatic heterocycles. The maximum atomic E-state index is 13.8. The number of sulfonamides is 1. The average molecular weight is 373 g/mol. The number of nitrogens with one attached hydrogen (secondary N) is 1. The normalized spacial score (nSPS) is 11.4. The van der Waals surface area contributed by atoms with Gasteiger partial charge < -0.3 is 5.73 Å². The highest BCUT2D eigenvalue weighted by Gasteiger charge is 2.21. The Morgan fingerprint density at radius 1 is 1.19 bits per heavy atom.